The minimum atomic E-state index is -0.519. The molecule has 1 amide bonds. The number of hydrogen-bond donors (Lipinski definition) is 0. The van der Waals surface area contributed by atoms with E-state index in [0.29, 0.717) is 12.6 Å². The van der Waals surface area contributed by atoms with E-state index in [1.165, 1.54) is 10.9 Å². The fourth-order valence-corrected chi connectivity index (χ4v) is 2.73. The van der Waals surface area contributed by atoms with Crippen molar-refractivity contribution in [2.24, 2.45) is 0 Å². The van der Waals surface area contributed by atoms with Crippen LogP contribution in [0.1, 0.15) is 13.3 Å². The van der Waals surface area contributed by atoms with Gasteiger partial charge in [-0.15, -0.1) is 0 Å². The monoisotopic (exact) mass is 281 g/mol. The Morgan fingerprint density at radius 1 is 1.60 bits per heavy atom. The highest BCUT2D eigenvalue weighted by Gasteiger charge is 2.34. The Hall–Kier alpha value is -1.96. The predicted molar refractivity (Wildman–Crippen MR) is 72.1 cm³/mol. The number of likely N-dealkylation sites (N-methyl/N-ethyl adjacent to an activating group) is 1. The van der Waals surface area contributed by atoms with E-state index in [4.69, 9.17) is 0 Å². The predicted octanol–water partition coefficient (Wildman–Crippen LogP) is 0.342. The summed E-state index contributed by atoms with van der Waals surface area (Å²) in [6.45, 7) is 2.78. The third kappa shape index (κ3) is 2.79. The van der Waals surface area contributed by atoms with E-state index in [9.17, 15) is 14.9 Å². The van der Waals surface area contributed by atoms with Crippen molar-refractivity contribution in [3.63, 3.8) is 0 Å². The van der Waals surface area contributed by atoms with Gasteiger partial charge in [0, 0.05) is 18.6 Å². The number of aromatic nitrogens is 2. The van der Waals surface area contributed by atoms with Gasteiger partial charge in [0.25, 0.3) is 0 Å². The number of amides is 1. The Bertz CT molecular complexity index is 513. The highest BCUT2D eigenvalue weighted by molar-refractivity contribution is 5.76. The maximum Gasteiger partial charge on any atom is 0.307 e. The SMILES string of the molecule is C[C@H]1[C@H](N(C)C)CCN1C(=O)Cn1cc([N+](=O)[O-])cn1. The second kappa shape index (κ2) is 5.58. The molecule has 2 rings (SSSR count). The Morgan fingerprint density at radius 3 is 2.80 bits per heavy atom. The molecule has 0 radical (unpaired) electrons. The third-order valence-corrected chi connectivity index (χ3v) is 3.83. The fourth-order valence-electron chi connectivity index (χ4n) is 2.73. The molecule has 1 fully saturated rings. The van der Waals surface area contributed by atoms with Crippen molar-refractivity contribution in [1.29, 1.82) is 0 Å². The Balaban J connectivity index is 2.00. The lowest BCUT2D eigenvalue weighted by atomic mass is 10.1. The van der Waals surface area contributed by atoms with Crippen LogP contribution in [0.25, 0.3) is 0 Å². The van der Waals surface area contributed by atoms with Crippen LogP contribution in [0, 0.1) is 10.1 Å². The number of carbonyl (C=O) groups is 1. The zero-order valence-corrected chi connectivity index (χ0v) is 11.9. The number of nitro groups is 1. The van der Waals surface area contributed by atoms with Gasteiger partial charge in [-0.2, -0.15) is 5.10 Å². The highest BCUT2D eigenvalue weighted by Crippen LogP contribution is 2.21. The van der Waals surface area contributed by atoms with Crippen molar-refractivity contribution in [3.8, 4) is 0 Å². The summed E-state index contributed by atoms with van der Waals surface area (Å²) in [5, 5.41) is 14.4. The summed E-state index contributed by atoms with van der Waals surface area (Å²) in [5.74, 6) is -0.0557. The maximum atomic E-state index is 12.2. The molecular weight excluding hydrogens is 262 g/mol. The molecule has 0 bridgehead atoms. The van der Waals surface area contributed by atoms with Crippen molar-refractivity contribution in [3.05, 3.63) is 22.5 Å². The van der Waals surface area contributed by atoms with Crippen LogP contribution in [0.15, 0.2) is 12.4 Å². The van der Waals surface area contributed by atoms with E-state index in [2.05, 4.69) is 10.00 Å². The summed E-state index contributed by atoms with van der Waals surface area (Å²) in [7, 11) is 4.01. The molecule has 0 spiro atoms. The molecule has 0 aliphatic carbocycles. The minimum Gasteiger partial charge on any atom is -0.337 e. The zero-order valence-electron chi connectivity index (χ0n) is 11.9. The van der Waals surface area contributed by atoms with E-state index in [1.54, 1.807) is 0 Å². The highest BCUT2D eigenvalue weighted by atomic mass is 16.6. The van der Waals surface area contributed by atoms with E-state index < -0.39 is 4.92 Å². The third-order valence-electron chi connectivity index (χ3n) is 3.83. The van der Waals surface area contributed by atoms with Crippen molar-refractivity contribution in [1.82, 2.24) is 19.6 Å². The smallest absolute Gasteiger partial charge is 0.307 e. The van der Waals surface area contributed by atoms with E-state index in [0.717, 1.165) is 12.6 Å². The van der Waals surface area contributed by atoms with Crippen molar-refractivity contribution >= 4 is 11.6 Å². The van der Waals surface area contributed by atoms with Gasteiger partial charge >= 0.3 is 5.69 Å². The molecule has 2 heterocycles. The summed E-state index contributed by atoms with van der Waals surface area (Å²) in [6.07, 6.45) is 3.38. The van der Waals surface area contributed by atoms with Crippen molar-refractivity contribution in [2.75, 3.05) is 20.6 Å². The minimum absolute atomic E-state index is 0.0400. The number of rotatable bonds is 4. The summed E-state index contributed by atoms with van der Waals surface area (Å²) in [4.78, 5) is 26.2. The summed E-state index contributed by atoms with van der Waals surface area (Å²) in [5.41, 5.74) is -0.0987. The maximum absolute atomic E-state index is 12.2. The lowest BCUT2D eigenvalue weighted by Gasteiger charge is -2.28. The van der Waals surface area contributed by atoms with Crippen LogP contribution in [0.4, 0.5) is 5.69 Å². The van der Waals surface area contributed by atoms with Crippen molar-refractivity contribution < 1.29 is 9.72 Å². The van der Waals surface area contributed by atoms with Crippen LogP contribution >= 0.6 is 0 Å². The first-order chi connectivity index (χ1) is 9.40. The first-order valence-corrected chi connectivity index (χ1v) is 6.53. The number of likely N-dealkylation sites (tertiary alicyclic amines) is 1. The lowest BCUT2D eigenvalue weighted by Crippen LogP contribution is -2.43. The first kappa shape index (κ1) is 14.4. The van der Waals surface area contributed by atoms with E-state index in [1.807, 2.05) is 25.9 Å². The topological polar surface area (TPSA) is 84.5 Å². The molecule has 0 aromatic carbocycles. The normalized spacial score (nSPS) is 22.5. The van der Waals surface area contributed by atoms with Gasteiger partial charge in [0.15, 0.2) is 0 Å². The Kier molecular flexibility index (Phi) is 4.03. The Morgan fingerprint density at radius 2 is 2.30 bits per heavy atom. The van der Waals surface area contributed by atoms with Crippen LogP contribution in [0.2, 0.25) is 0 Å². The number of hydrogen-bond acceptors (Lipinski definition) is 5. The van der Waals surface area contributed by atoms with Crippen LogP contribution in [-0.4, -0.2) is 63.1 Å². The van der Waals surface area contributed by atoms with Crippen LogP contribution in [0.3, 0.4) is 0 Å². The molecule has 0 saturated carbocycles. The Labute approximate surface area is 117 Å². The molecule has 8 heteroatoms. The molecule has 20 heavy (non-hydrogen) atoms. The molecule has 1 aromatic rings. The van der Waals surface area contributed by atoms with E-state index >= 15 is 0 Å². The van der Waals surface area contributed by atoms with Crippen LogP contribution in [0.5, 0.6) is 0 Å². The quantitative estimate of drug-likeness (QED) is 0.587. The number of nitrogens with zero attached hydrogens (tertiary/aromatic N) is 5. The van der Waals surface area contributed by atoms with Crippen LogP contribution < -0.4 is 0 Å². The molecule has 1 aliphatic rings. The van der Waals surface area contributed by atoms with Gasteiger partial charge < -0.3 is 9.80 Å². The summed E-state index contributed by atoms with van der Waals surface area (Å²) in [6, 6.07) is 0.494. The molecule has 1 aliphatic heterocycles. The molecular formula is C12H19N5O3. The van der Waals surface area contributed by atoms with Gasteiger partial charge in [-0.1, -0.05) is 0 Å². The second-order valence-corrected chi connectivity index (χ2v) is 5.30. The molecule has 0 unspecified atom stereocenters. The summed E-state index contributed by atoms with van der Waals surface area (Å²) < 4.78 is 1.32. The molecule has 1 aromatic heterocycles. The largest absolute Gasteiger partial charge is 0.337 e. The molecule has 0 N–H and O–H groups in total. The van der Waals surface area contributed by atoms with Gasteiger partial charge in [-0.3, -0.25) is 19.6 Å². The van der Waals surface area contributed by atoms with E-state index in [-0.39, 0.29) is 24.2 Å². The summed E-state index contributed by atoms with van der Waals surface area (Å²) >= 11 is 0. The lowest BCUT2D eigenvalue weighted by molar-refractivity contribution is -0.385. The van der Waals surface area contributed by atoms with Gasteiger partial charge in [-0.25, -0.2) is 0 Å². The molecule has 1 saturated heterocycles. The fraction of sp³-hybridized carbons (Fsp3) is 0.667. The zero-order chi connectivity index (χ0) is 14.9. The van der Waals surface area contributed by atoms with Gasteiger partial charge in [-0.05, 0) is 27.4 Å². The molecule has 2 atom stereocenters. The average molecular weight is 281 g/mol. The number of carbonyl (C=O) groups excluding carboxylic acids is 1. The molecule has 110 valence electrons. The standard InChI is InChI=1S/C12H19N5O3/c1-9-11(14(2)3)4-5-16(9)12(18)8-15-7-10(6-13-15)17(19)20/h6-7,9,11H,4-5,8H2,1-3H3/t9-,11+/m0/s1. The average Bonchev–Trinajstić information content (AvgIpc) is 2.95. The first-order valence-electron chi connectivity index (χ1n) is 6.53. The van der Waals surface area contributed by atoms with Gasteiger partial charge in [0.05, 0.1) is 4.92 Å². The molecule has 8 nitrogen and oxygen atoms in total. The second-order valence-electron chi connectivity index (χ2n) is 5.30. The van der Waals surface area contributed by atoms with Gasteiger partial charge in [0.2, 0.25) is 5.91 Å². The van der Waals surface area contributed by atoms with Crippen molar-refractivity contribution in [2.45, 2.75) is 32.0 Å². The van der Waals surface area contributed by atoms with Crippen LogP contribution in [-0.2, 0) is 11.3 Å². The van der Waals surface area contributed by atoms with Gasteiger partial charge in [0.1, 0.15) is 18.9 Å².